The lowest BCUT2D eigenvalue weighted by Crippen LogP contribution is -2.37. The van der Waals surface area contributed by atoms with Gasteiger partial charge in [0, 0.05) is 5.92 Å². The molecule has 0 aromatic heterocycles. The Kier molecular flexibility index (Phi) is 9.53. The van der Waals surface area contributed by atoms with E-state index in [4.69, 9.17) is 9.84 Å². The highest BCUT2D eigenvalue weighted by Gasteiger charge is 2.21. The number of ketones is 1. The van der Waals surface area contributed by atoms with Crippen molar-refractivity contribution in [3.63, 3.8) is 0 Å². The van der Waals surface area contributed by atoms with E-state index in [0.717, 1.165) is 12.2 Å². The summed E-state index contributed by atoms with van der Waals surface area (Å²) in [5.74, 6) is 0.875. The molecule has 112 valence electrons. The van der Waals surface area contributed by atoms with E-state index < -0.39 is 0 Å². The van der Waals surface area contributed by atoms with Crippen LogP contribution in [0.3, 0.4) is 0 Å². The van der Waals surface area contributed by atoms with Crippen molar-refractivity contribution in [2.75, 3.05) is 27.3 Å². The molecule has 1 aliphatic rings. The standard InChI is InChI=1S/C9H17NO.C6H12O2/c1-8(11-3)9-6-4-5-7-10(9)2;1-3-5(2)6(8)4-7/h9H,1,4-7H2,2-3H3;5,7H,3-4H2,1-2H3. The Morgan fingerprint density at radius 3 is 2.53 bits per heavy atom. The van der Waals surface area contributed by atoms with Crippen molar-refractivity contribution in [3.05, 3.63) is 12.3 Å². The lowest BCUT2D eigenvalue weighted by atomic mass is 10.0. The van der Waals surface area contributed by atoms with E-state index in [2.05, 4.69) is 18.5 Å². The van der Waals surface area contributed by atoms with Crippen molar-refractivity contribution < 1.29 is 14.6 Å². The van der Waals surface area contributed by atoms with Crippen LogP contribution < -0.4 is 0 Å². The van der Waals surface area contributed by atoms with E-state index in [-0.39, 0.29) is 18.3 Å². The van der Waals surface area contributed by atoms with E-state index in [1.165, 1.54) is 25.8 Å². The molecule has 2 unspecified atom stereocenters. The third-order valence-electron chi connectivity index (χ3n) is 3.72. The molecule has 0 aromatic rings. The Morgan fingerprint density at radius 2 is 2.16 bits per heavy atom. The summed E-state index contributed by atoms with van der Waals surface area (Å²) < 4.78 is 5.12. The molecule has 0 radical (unpaired) electrons. The number of piperidine rings is 1. The third-order valence-corrected chi connectivity index (χ3v) is 3.72. The lowest BCUT2D eigenvalue weighted by molar-refractivity contribution is -0.125. The molecular formula is C15H29NO3. The second kappa shape index (κ2) is 9.98. The second-order valence-corrected chi connectivity index (χ2v) is 5.10. The predicted molar refractivity (Wildman–Crippen MR) is 78.0 cm³/mol. The van der Waals surface area contributed by atoms with E-state index in [1.54, 1.807) is 7.11 Å². The summed E-state index contributed by atoms with van der Waals surface area (Å²) in [5, 5.41) is 8.29. The van der Waals surface area contributed by atoms with Crippen LogP contribution in [-0.4, -0.2) is 49.1 Å². The van der Waals surface area contributed by atoms with Gasteiger partial charge in [-0.1, -0.05) is 26.8 Å². The van der Waals surface area contributed by atoms with Crippen molar-refractivity contribution in [1.29, 1.82) is 0 Å². The number of carbonyl (C=O) groups excluding carboxylic acids is 1. The molecule has 1 N–H and O–H groups in total. The molecule has 1 rings (SSSR count). The topological polar surface area (TPSA) is 49.8 Å². The molecular weight excluding hydrogens is 242 g/mol. The van der Waals surface area contributed by atoms with Crippen LogP contribution in [0.1, 0.15) is 39.5 Å². The van der Waals surface area contributed by atoms with Gasteiger partial charge >= 0.3 is 0 Å². The van der Waals surface area contributed by atoms with Crippen LogP contribution in [0.2, 0.25) is 0 Å². The number of hydrogen-bond acceptors (Lipinski definition) is 4. The van der Waals surface area contributed by atoms with Gasteiger partial charge in [-0.2, -0.15) is 0 Å². The van der Waals surface area contributed by atoms with Gasteiger partial charge in [-0.05, 0) is 32.9 Å². The highest BCUT2D eigenvalue weighted by molar-refractivity contribution is 5.81. The highest BCUT2D eigenvalue weighted by atomic mass is 16.5. The molecule has 0 saturated carbocycles. The molecule has 1 saturated heterocycles. The summed E-state index contributed by atoms with van der Waals surface area (Å²) in [4.78, 5) is 12.8. The van der Waals surface area contributed by atoms with Gasteiger partial charge in [-0.3, -0.25) is 9.69 Å². The van der Waals surface area contributed by atoms with Crippen molar-refractivity contribution in [2.24, 2.45) is 5.92 Å². The number of nitrogens with zero attached hydrogens (tertiary/aromatic N) is 1. The Bertz CT molecular complexity index is 279. The summed E-state index contributed by atoms with van der Waals surface area (Å²) in [5.41, 5.74) is 0. The van der Waals surface area contributed by atoms with Crippen LogP contribution in [0.15, 0.2) is 12.3 Å². The zero-order valence-electron chi connectivity index (χ0n) is 12.8. The first kappa shape index (κ1) is 18.1. The largest absolute Gasteiger partial charge is 0.500 e. The van der Waals surface area contributed by atoms with Crippen LogP contribution >= 0.6 is 0 Å². The number of likely N-dealkylation sites (tertiary alicyclic amines) is 1. The Balaban J connectivity index is 0.000000362. The predicted octanol–water partition coefficient (Wildman–Crippen LogP) is 2.22. The molecule has 4 heteroatoms. The van der Waals surface area contributed by atoms with Gasteiger partial charge < -0.3 is 9.84 Å². The number of rotatable bonds is 5. The summed E-state index contributed by atoms with van der Waals surface area (Å²) in [7, 11) is 3.83. The number of Topliss-reactive ketones (excluding diaryl/α,β-unsaturated/α-hetero) is 1. The number of carbonyl (C=O) groups is 1. The summed E-state index contributed by atoms with van der Waals surface area (Å²) in [6, 6.07) is 0.453. The number of aliphatic hydroxyl groups is 1. The molecule has 1 aliphatic heterocycles. The van der Waals surface area contributed by atoms with Crippen molar-refractivity contribution in [3.8, 4) is 0 Å². The molecule has 1 heterocycles. The van der Waals surface area contributed by atoms with Crippen LogP contribution in [0, 0.1) is 5.92 Å². The Hall–Kier alpha value is -0.870. The van der Waals surface area contributed by atoms with E-state index in [1.807, 2.05) is 13.8 Å². The maximum atomic E-state index is 10.5. The average molecular weight is 271 g/mol. The summed E-state index contributed by atoms with van der Waals surface area (Å²) in [6.07, 6.45) is 4.63. The van der Waals surface area contributed by atoms with Crippen LogP contribution in [0.25, 0.3) is 0 Å². The van der Waals surface area contributed by atoms with E-state index >= 15 is 0 Å². The van der Waals surface area contributed by atoms with Gasteiger partial charge in [-0.15, -0.1) is 0 Å². The molecule has 0 bridgehead atoms. The number of aliphatic hydroxyl groups excluding tert-OH is 1. The van der Waals surface area contributed by atoms with Gasteiger partial charge in [0.25, 0.3) is 0 Å². The minimum absolute atomic E-state index is 0.0278. The van der Waals surface area contributed by atoms with Gasteiger partial charge in [0.15, 0.2) is 5.78 Å². The molecule has 0 aromatic carbocycles. The molecule has 0 spiro atoms. The van der Waals surface area contributed by atoms with Gasteiger partial charge in [0.1, 0.15) is 12.4 Å². The number of ether oxygens (including phenoxy) is 1. The molecule has 4 nitrogen and oxygen atoms in total. The minimum atomic E-state index is -0.311. The summed E-state index contributed by atoms with van der Waals surface area (Å²) in [6.45, 7) is 8.49. The SMILES string of the molecule is C=C(OC)C1CCCCN1C.CCC(C)C(=O)CO. The zero-order chi connectivity index (χ0) is 14.8. The maximum absolute atomic E-state index is 10.5. The first-order chi connectivity index (χ1) is 8.97. The Labute approximate surface area is 117 Å². The van der Waals surface area contributed by atoms with E-state index in [9.17, 15) is 4.79 Å². The fourth-order valence-corrected chi connectivity index (χ4v) is 2.00. The number of hydrogen-bond donors (Lipinski definition) is 1. The molecule has 0 amide bonds. The normalized spacial score (nSPS) is 21.0. The monoisotopic (exact) mass is 271 g/mol. The highest BCUT2D eigenvalue weighted by Crippen LogP contribution is 2.20. The molecule has 2 atom stereocenters. The fourth-order valence-electron chi connectivity index (χ4n) is 2.00. The van der Waals surface area contributed by atoms with Gasteiger partial charge in [0.05, 0.1) is 13.2 Å². The summed E-state index contributed by atoms with van der Waals surface area (Å²) >= 11 is 0. The van der Waals surface area contributed by atoms with Gasteiger partial charge in [0.2, 0.25) is 0 Å². The second-order valence-electron chi connectivity index (χ2n) is 5.10. The van der Waals surface area contributed by atoms with Crippen LogP contribution in [0.4, 0.5) is 0 Å². The first-order valence-corrected chi connectivity index (χ1v) is 7.04. The zero-order valence-corrected chi connectivity index (χ0v) is 12.8. The lowest BCUT2D eigenvalue weighted by Gasteiger charge is -2.32. The quantitative estimate of drug-likeness (QED) is 0.779. The Morgan fingerprint density at radius 1 is 1.53 bits per heavy atom. The molecule has 1 fully saturated rings. The number of likely N-dealkylation sites (N-methyl/N-ethyl adjacent to an activating group) is 1. The maximum Gasteiger partial charge on any atom is 0.160 e. The van der Waals surface area contributed by atoms with Crippen molar-refractivity contribution >= 4 is 5.78 Å². The first-order valence-electron chi connectivity index (χ1n) is 7.04. The van der Waals surface area contributed by atoms with Gasteiger partial charge in [-0.25, -0.2) is 0 Å². The van der Waals surface area contributed by atoms with E-state index in [0.29, 0.717) is 6.04 Å². The minimum Gasteiger partial charge on any atom is -0.500 e. The van der Waals surface area contributed by atoms with Crippen molar-refractivity contribution in [1.82, 2.24) is 4.90 Å². The third kappa shape index (κ3) is 6.73. The molecule has 0 aliphatic carbocycles. The van der Waals surface area contributed by atoms with Crippen LogP contribution in [0.5, 0.6) is 0 Å². The smallest absolute Gasteiger partial charge is 0.160 e. The molecule has 19 heavy (non-hydrogen) atoms. The van der Waals surface area contributed by atoms with Crippen molar-refractivity contribution in [2.45, 2.75) is 45.6 Å². The van der Waals surface area contributed by atoms with Crippen LogP contribution in [-0.2, 0) is 9.53 Å². The average Bonchev–Trinajstić information content (AvgIpc) is 2.45. The number of methoxy groups -OCH3 is 1. The fraction of sp³-hybridized carbons (Fsp3) is 0.800.